The number of aryl methyl sites for hydroxylation is 2. The molecule has 0 aliphatic carbocycles. The van der Waals surface area contributed by atoms with Gasteiger partial charge in [-0.05, 0) is 36.8 Å². The van der Waals surface area contributed by atoms with Gasteiger partial charge >= 0.3 is 5.69 Å². The minimum Gasteiger partial charge on any atom is -0.295 e. The number of nitrogens with zero attached hydrogens (tertiary/aromatic N) is 5. The number of aromatic nitrogens is 5. The summed E-state index contributed by atoms with van der Waals surface area (Å²) in [6, 6.07) is 13.8. The fourth-order valence-electron chi connectivity index (χ4n) is 2.71. The minimum atomic E-state index is -0.113. The molecule has 0 aliphatic rings. The average Bonchev–Trinajstić information content (AvgIpc) is 3.21. The molecule has 25 heavy (non-hydrogen) atoms. The van der Waals surface area contributed by atoms with Crippen LogP contribution in [0.5, 0.6) is 0 Å². The van der Waals surface area contributed by atoms with Crippen molar-refractivity contribution in [1.29, 1.82) is 0 Å². The Bertz CT molecular complexity index is 1080. The zero-order valence-corrected chi connectivity index (χ0v) is 14.6. The molecule has 0 saturated carbocycles. The quantitative estimate of drug-likeness (QED) is 0.519. The molecule has 4 aromatic rings. The molecule has 7 heteroatoms. The Hall–Kier alpha value is -2.80. The fourth-order valence-corrected chi connectivity index (χ4v) is 3.60. The third kappa shape index (κ3) is 3.10. The molecule has 4 rings (SSSR count). The highest BCUT2D eigenvalue weighted by Gasteiger charge is 2.09. The van der Waals surface area contributed by atoms with Gasteiger partial charge < -0.3 is 0 Å². The number of benzene rings is 1. The molecule has 3 aromatic heterocycles. The molecule has 0 spiro atoms. The Labute approximate surface area is 148 Å². The molecular formula is C18H17N5OS. The first kappa shape index (κ1) is 15.7. The molecule has 0 saturated heterocycles. The maximum atomic E-state index is 12.3. The van der Waals surface area contributed by atoms with Crippen LogP contribution in [0.4, 0.5) is 0 Å². The molecule has 0 unspecified atom stereocenters. The van der Waals surface area contributed by atoms with Gasteiger partial charge in [0.25, 0.3) is 0 Å². The summed E-state index contributed by atoms with van der Waals surface area (Å²) in [6.45, 7) is 2.61. The Balaban J connectivity index is 1.50. The molecule has 0 aliphatic heterocycles. The van der Waals surface area contributed by atoms with Crippen molar-refractivity contribution in [3.63, 3.8) is 0 Å². The number of imidazole rings is 1. The fraction of sp³-hybridized carbons (Fsp3) is 0.167. The van der Waals surface area contributed by atoms with Crippen molar-refractivity contribution in [2.24, 2.45) is 0 Å². The highest BCUT2D eigenvalue weighted by Crippen LogP contribution is 2.21. The third-order valence-electron chi connectivity index (χ3n) is 3.91. The highest BCUT2D eigenvalue weighted by atomic mass is 32.2. The third-order valence-corrected chi connectivity index (χ3v) is 4.86. The van der Waals surface area contributed by atoms with E-state index in [-0.39, 0.29) is 5.69 Å². The van der Waals surface area contributed by atoms with Gasteiger partial charge in [0.15, 0.2) is 10.8 Å². The molecular weight excluding hydrogens is 334 g/mol. The molecule has 0 amide bonds. The van der Waals surface area contributed by atoms with Crippen LogP contribution in [0.15, 0.2) is 71.0 Å². The monoisotopic (exact) mass is 351 g/mol. The number of hydrogen-bond acceptors (Lipinski definition) is 4. The normalized spacial score (nSPS) is 11.2. The van der Waals surface area contributed by atoms with Crippen LogP contribution in [0.2, 0.25) is 0 Å². The van der Waals surface area contributed by atoms with Gasteiger partial charge in [0.05, 0.1) is 6.54 Å². The van der Waals surface area contributed by atoms with E-state index in [9.17, 15) is 4.79 Å². The predicted octanol–water partition coefficient (Wildman–Crippen LogP) is 2.78. The summed E-state index contributed by atoms with van der Waals surface area (Å²) in [5, 5.41) is 5.25. The van der Waals surface area contributed by atoms with Crippen LogP contribution in [0.1, 0.15) is 5.56 Å². The van der Waals surface area contributed by atoms with E-state index in [1.54, 1.807) is 28.6 Å². The lowest BCUT2D eigenvalue weighted by atomic mass is 10.2. The van der Waals surface area contributed by atoms with Gasteiger partial charge in [-0.2, -0.15) is 0 Å². The average molecular weight is 351 g/mol. The van der Waals surface area contributed by atoms with Crippen molar-refractivity contribution in [1.82, 2.24) is 23.7 Å². The number of fused-ring (bicyclic) bond motifs is 1. The molecule has 0 bridgehead atoms. The summed E-state index contributed by atoms with van der Waals surface area (Å²) in [5.41, 5.74) is 2.85. The molecule has 126 valence electrons. The van der Waals surface area contributed by atoms with Crippen molar-refractivity contribution in [3.8, 4) is 5.69 Å². The molecule has 6 nitrogen and oxygen atoms in total. The van der Waals surface area contributed by atoms with E-state index in [1.165, 1.54) is 10.2 Å². The van der Waals surface area contributed by atoms with Gasteiger partial charge in [-0.15, -0.1) is 5.10 Å². The first-order valence-electron chi connectivity index (χ1n) is 8.00. The second-order valence-corrected chi connectivity index (χ2v) is 6.76. The number of rotatable bonds is 5. The van der Waals surface area contributed by atoms with Crippen LogP contribution in [-0.4, -0.2) is 29.5 Å². The lowest BCUT2D eigenvalue weighted by Crippen LogP contribution is -2.22. The van der Waals surface area contributed by atoms with Crippen LogP contribution in [0.25, 0.3) is 11.3 Å². The highest BCUT2D eigenvalue weighted by molar-refractivity contribution is 7.99. The summed E-state index contributed by atoms with van der Waals surface area (Å²) < 4.78 is 5.12. The van der Waals surface area contributed by atoms with E-state index in [4.69, 9.17) is 0 Å². The maximum Gasteiger partial charge on any atom is 0.350 e. The maximum absolute atomic E-state index is 12.3. The summed E-state index contributed by atoms with van der Waals surface area (Å²) in [5.74, 6) is 0.715. The summed E-state index contributed by atoms with van der Waals surface area (Å²) >= 11 is 1.61. The number of thioether (sulfide) groups is 1. The lowest BCUT2D eigenvalue weighted by molar-refractivity contribution is 0.639. The van der Waals surface area contributed by atoms with Crippen LogP contribution < -0.4 is 5.69 Å². The van der Waals surface area contributed by atoms with E-state index in [1.807, 2.05) is 30.5 Å². The van der Waals surface area contributed by atoms with Crippen LogP contribution in [0, 0.1) is 6.92 Å². The van der Waals surface area contributed by atoms with E-state index in [0.717, 1.165) is 10.8 Å². The van der Waals surface area contributed by atoms with Crippen molar-refractivity contribution in [3.05, 3.63) is 77.1 Å². The SMILES string of the molecule is Cc1cccc(-n2ccnc2SCCn2nc3ccccn3c2=O)c1. The van der Waals surface area contributed by atoms with Gasteiger partial charge in [0.2, 0.25) is 0 Å². The van der Waals surface area contributed by atoms with Gasteiger partial charge in [-0.25, -0.2) is 14.5 Å². The lowest BCUT2D eigenvalue weighted by Gasteiger charge is -2.08. The van der Waals surface area contributed by atoms with Gasteiger partial charge in [0.1, 0.15) is 0 Å². The number of hydrogen-bond donors (Lipinski definition) is 0. The van der Waals surface area contributed by atoms with Gasteiger partial charge in [-0.3, -0.25) is 8.97 Å². The Morgan fingerprint density at radius 3 is 2.88 bits per heavy atom. The van der Waals surface area contributed by atoms with Crippen molar-refractivity contribution in [2.75, 3.05) is 5.75 Å². The summed E-state index contributed by atoms with van der Waals surface area (Å²) in [4.78, 5) is 16.7. The van der Waals surface area contributed by atoms with E-state index < -0.39 is 0 Å². The molecule has 0 atom stereocenters. The summed E-state index contributed by atoms with van der Waals surface area (Å²) in [7, 11) is 0. The minimum absolute atomic E-state index is 0.113. The van der Waals surface area contributed by atoms with Gasteiger partial charge in [-0.1, -0.05) is 30.0 Å². The van der Waals surface area contributed by atoms with Crippen molar-refractivity contribution < 1.29 is 0 Å². The van der Waals surface area contributed by atoms with E-state index in [2.05, 4.69) is 39.8 Å². The Kier molecular flexibility index (Phi) is 4.15. The Morgan fingerprint density at radius 1 is 1.12 bits per heavy atom. The smallest absolute Gasteiger partial charge is 0.295 e. The second-order valence-electron chi connectivity index (χ2n) is 5.70. The van der Waals surface area contributed by atoms with Crippen molar-refractivity contribution >= 4 is 17.4 Å². The summed E-state index contributed by atoms with van der Waals surface area (Å²) in [6.07, 6.45) is 5.48. The predicted molar refractivity (Wildman–Crippen MR) is 98.5 cm³/mol. The molecule has 1 aromatic carbocycles. The second kappa shape index (κ2) is 6.60. The largest absolute Gasteiger partial charge is 0.350 e. The molecule has 0 N–H and O–H groups in total. The number of pyridine rings is 1. The van der Waals surface area contributed by atoms with Crippen LogP contribution in [0.3, 0.4) is 0 Å². The zero-order chi connectivity index (χ0) is 17.2. The van der Waals surface area contributed by atoms with Crippen LogP contribution >= 0.6 is 11.8 Å². The van der Waals surface area contributed by atoms with E-state index >= 15 is 0 Å². The topological polar surface area (TPSA) is 57.1 Å². The van der Waals surface area contributed by atoms with E-state index in [0.29, 0.717) is 17.9 Å². The first-order valence-corrected chi connectivity index (χ1v) is 8.98. The molecule has 0 radical (unpaired) electrons. The Morgan fingerprint density at radius 2 is 2.04 bits per heavy atom. The van der Waals surface area contributed by atoms with Crippen LogP contribution in [-0.2, 0) is 6.54 Å². The first-order chi connectivity index (χ1) is 12.2. The zero-order valence-electron chi connectivity index (χ0n) is 13.7. The molecule has 3 heterocycles. The molecule has 0 fully saturated rings. The van der Waals surface area contributed by atoms with Gasteiger partial charge in [0, 0.05) is 30.0 Å². The standard InChI is InChI=1S/C18H17N5OS/c1-14-5-4-6-15(13-14)21-10-8-19-17(21)25-12-11-23-18(24)22-9-3-2-7-16(22)20-23/h2-10,13H,11-12H2,1H3. The van der Waals surface area contributed by atoms with Crippen molar-refractivity contribution in [2.45, 2.75) is 18.6 Å².